The topological polar surface area (TPSA) is 85.9 Å². The third kappa shape index (κ3) is 10.2. The summed E-state index contributed by atoms with van der Waals surface area (Å²) in [7, 11) is 3.25. The van der Waals surface area contributed by atoms with Crippen LogP contribution in [0.2, 0.25) is 0 Å². The van der Waals surface area contributed by atoms with Crippen LogP contribution in [0.4, 0.5) is 5.69 Å². The Morgan fingerprint density at radius 1 is 0.974 bits per heavy atom. The Hall–Kier alpha value is -3.06. The van der Waals surface area contributed by atoms with E-state index < -0.39 is 0 Å². The molecule has 1 atom stereocenters. The van der Waals surface area contributed by atoms with Crippen LogP contribution in [0, 0.1) is 0 Å². The van der Waals surface area contributed by atoms with E-state index in [1.165, 1.54) is 0 Å². The lowest BCUT2D eigenvalue weighted by molar-refractivity contribution is -0.116. The molecule has 0 aliphatic heterocycles. The standard InChI is InChI=1S/C32H48N2O5/c1-8-10-11-13-23(26-16-15-25(22-29(26)37-7)39-19-12-18-38-9-2)21-30(35)34-28-20-24(31(36)33-6)14-17-27(28)32(3,4)5/h14-17,20,22-23H,8-13,18-19,21H2,1-7H3,(H,33,36)(H,34,35). The number of carbonyl (C=O) groups is 2. The highest BCUT2D eigenvalue weighted by molar-refractivity contribution is 5.98. The highest BCUT2D eigenvalue weighted by Gasteiger charge is 2.24. The average molecular weight is 541 g/mol. The van der Waals surface area contributed by atoms with Gasteiger partial charge in [0.15, 0.2) is 0 Å². The summed E-state index contributed by atoms with van der Waals surface area (Å²) in [4.78, 5) is 25.7. The van der Waals surface area contributed by atoms with Crippen LogP contribution < -0.4 is 20.1 Å². The quantitative estimate of drug-likeness (QED) is 0.227. The number of rotatable bonds is 16. The maximum absolute atomic E-state index is 13.5. The minimum Gasteiger partial charge on any atom is -0.496 e. The van der Waals surface area contributed by atoms with Gasteiger partial charge in [0, 0.05) is 50.4 Å². The molecular formula is C32H48N2O5. The molecule has 2 N–H and O–H groups in total. The lowest BCUT2D eigenvalue weighted by Crippen LogP contribution is -2.23. The molecule has 2 aromatic carbocycles. The first kappa shape index (κ1) is 32.2. The van der Waals surface area contributed by atoms with Gasteiger partial charge < -0.3 is 24.8 Å². The second-order valence-corrected chi connectivity index (χ2v) is 10.8. The fourth-order valence-electron chi connectivity index (χ4n) is 4.63. The molecule has 0 saturated heterocycles. The zero-order chi connectivity index (χ0) is 28.8. The number of ether oxygens (including phenoxy) is 3. The summed E-state index contributed by atoms with van der Waals surface area (Å²) in [5, 5.41) is 5.78. The number of anilines is 1. The first-order valence-corrected chi connectivity index (χ1v) is 14.2. The van der Waals surface area contributed by atoms with Crippen molar-refractivity contribution in [2.24, 2.45) is 0 Å². The predicted molar refractivity (Wildman–Crippen MR) is 158 cm³/mol. The monoisotopic (exact) mass is 540 g/mol. The predicted octanol–water partition coefficient (Wildman–Crippen LogP) is 6.85. The largest absolute Gasteiger partial charge is 0.496 e. The Bertz CT molecular complexity index is 1060. The van der Waals surface area contributed by atoms with Crippen LogP contribution in [0.1, 0.15) is 101 Å². The zero-order valence-corrected chi connectivity index (χ0v) is 24.9. The van der Waals surface area contributed by atoms with Crippen LogP contribution in [0.15, 0.2) is 36.4 Å². The van der Waals surface area contributed by atoms with Gasteiger partial charge in [0.1, 0.15) is 11.5 Å². The maximum atomic E-state index is 13.5. The lowest BCUT2D eigenvalue weighted by atomic mass is 9.84. The van der Waals surface area contributed by atoms with Gasteiger partial charge in [-0.3, -0.25) is 9.59 Å². The van der Waals surface area contributed by atoms with E-state index in [1.807, 2.05) is 31.2 Å². The van der Waals surface area contributed by atoms with Crippen molar-refractivity contribution < 1.29 is 23.8 Å². The number of amides is 2. The van der Waals surface area contributed by atoms with Gasteiger partial charge in [0.25, 0.3) is 5.91 Å². The number of hydrogen-bond donors (Lipinski definition) is 2. The maximum Gasteiger partial charge on any atom is 0.251 e. The molecule has 0 spiro atoms. The van der Waals surface area contributed by atoms with Crippen molar-refractivity contribution in [1.29, 1.82) is 0 Å². The Morgan fingerprint density at radius 2 is 1.74 bits per heavy atom. The first-order valence-electron chi connectivity index (χ1n) is 14.2. The van der Waals surface area contributed by atoms with Crippen LogP contribution in [0.25, 0.3) is 0 Å². The fourth-order valence-corrected chi connectivity index (χ4v) is 4.63. The average Bonchev–Trinajstić information content (AvgIpc) is 2.91. The summed E-state index contributed by atoms with van der Waals surface area (Å²) >= 11 is 0. The number of carbonyl (C=O) groups excluding carboxylic acids is 2. The molecule has 2 rings (SSSR count). The summed E-state index contributed by atoms with van der Waals surface area (Å²) in [5.41, 5.74) is 2.96. The van der Waals surface area contributed by atoms with E-state index in [4.69, 9.17) is 14.2 Å². The van der Waals surface area contributed by atoms with Gasteiger partial charge in [0.2, 0.25) is 5.91 Å². The van der Waals surface area contributed by atoms with Gasteiger partial charge in [0.05, 0.1) is 13.7 Å². The summed E-state index contributed by atoms with van der Waals surface area (Å²) in [6.45, 7) is 12.4. The molecule has 0 aliphatic carbocycles. The Balaban J connectivity index is 2.27. The van der Waals surface area contributed by atoms with Crippen molar-refractivity contribution in [3.63, 3.8) is 0 Å². The molecule has 0 fully saturated rings. The van der Waals surface area contributed by atoms with Gasteiger partial charge in [-0.05, 0) is 54.0 Å². The smallest absolute Gasteiger partial charge is 0.251 e. The van der Waals surface area contributed by atoms with Crippen molar-refractivity contribution >= 4 is 17.5 Å². The molecule has 2 amide bonds. The van der Waals surface area contributed by atoms with Crippen molar-refractivity contribution in [2.45, 2.75) is 84.5 Å². The molecule has 0 aromatic heterocycles. The summed E-state index contributed by atoms with van der Waals surface area (Å²) < 4.78 is 17.0. The molecule has 1 unspecified atom stereocenters. The van der Waals surface area contributed by atoms with E-state index in [-0.39, 0.29) is 23.1 Å². The second kappa shape index (κ2) is 16.1. The van der Waals surface area contributed by atoms with Gasteiger partial charge in [-0.2, -0.15) is 0 Å². The summed E-state index contributed by atoms with van der Waals surface area (Å²) in [6.07, 6.45) is 5.22. The van der Waals surface area contributed by atoms with E-state index in [2.05, 4.69) is 38.3 Å². The lowest BCUT2D eigenvalue weighted by Gasteiger charge is -2.25. The van der Waals surface area contributed by atoms with E-state index in [9.17, 15) is 9.59 Å². The minimum atomic E-state index is -0.202. The Morgan fingerprint density at radius 3 is 2.38 bits per heavy atom. The normalized spacial score (nSPS) is 12.1. The molecule has 7 nitrogen and oxygen atoms in total. The number of benzene rings is 2. The van der Waals surface area contributed by atoms with Crippen molar-refractivity contribution in [3.05, 3.63) is 53.1 Å². The molecule has 7 heteroatoms. The highest BCUT2D eigenvalue weighted by atomic mass is 16.5. The van der Waals surface area contributed by atoms with Crippen LogP contribution in [0.3, 0.4) is 0 Å². The van der Waals surface area contributed by atoms with Crippen LogP contribution in [-0.4, -0.2) is 45.8 Å². The fraction of sp³-hybridized carbons (Fsp3) is 0.562. The molecule has 0 heterocycles. The molecular weight excluding hydrogens is 492 g/mol. The molecule has 0 saturated carbocycles. The van der Waals surface area contributed by atoms with Crippen molar-refractivity contribution in [2.75, 3.05) is 39.3 Å². The molecule has 0 aliphatic rings. The molecule has 0 radical (unpaired) electrons. The van der Waals surface area contributed by atoms with Gasteiger partial charge in [-0.1, -0.05) is 59.1 Å². The van der Waals surface area contributed by atoms with Crippen LogP contribution in [0.5, 0.6) is 11.5 Å². The second-order valence-electron chi connectivity index (χ2n) is 10.8. The van der Waals surface area contributed by atoms with Crippen LogP contribution >= 0.6 is 0 Å². The number of hydrogen-bond acceptors (Lipinski definition) is 5. The van der Waals surface area contributed by atoms with Crippen LogP contribution in [-0.2, 0) is 14.9 Å². The summed E-state index contributed by atoms with van der Waals surface area (Å²) in [5.74, 6) is 1.18. The highest BCUT2D eigenvalue weighted by Crippen LogP contribution is 2.37. The number of methoxy groups -OCH3 is 1. The number of unbranched alkanes of at least 4 members (excludes halogenated alkanes) is 2. The third-order valence-electron chi connectivity index (χ3n) is 6.73. The zero-order valence-electron chi connectivity index (χ0n) is 24.9. The summed E-state index contributed by atoms with van der Waals surface area (Å²) in [6, 6.07) is 11.4. The van der Waals surface area contributed by atoms with Gasteiger partial charge >= 0.3 is 0 Å². The first-order chi connectivity index (χ1) is 18.6. The molecule has 0 bridgehead atoms. The van der Waals surface area contributed by atoms with E-state index >= 15 is 0 Å². The third-order valence-corrected chi connectivity index (χ3v) is 6.73. The number of nitrogens with one attached hydrogen (secondary N) is 2. The SMILES string of the molecule is CCCCCC(CC(=O)Nc1cc(C(=O)NC)ccc1C(C)(C)C)c1ccc(OCCCOCC)cc1OC. The Labute approximate surface area is 235 Å². The molecule has 39 heavy (non-hydrogen) atoms. The minimum absolute atomic E-state index is 0.0151. The Kier molecular flexibility index (Phi) is 13.3. The van der Waals surface area contributed by atoms with Crippen molar-refractivity contribution in [3.8, 4) is 11.5 Å². The van der Waals surface area contributed by atoms with E-state index in [1.54, 1.807) is 26.3 Å². The van der Waals surface area contributed by atoms with Gasteiger partial charge in [-0.25, -0.2) is 0 Å². The van der Waals surface area contributed by atoms with Crippen molar-refractivity contribution in [1.82, 2.24) is 5.32 Å². The van der Waals surface area contributed by atoms with E-state index in [0.717, 1.165) is 54.7 Å². The molecule has 2 aromatic rings. The van der Waals surface area contributed by atoms with E-state index in [0.29, 0.717) is 37.5 Å². The van der Waals surface area contributed by atoms with Gasteiger partial charge in [-0.15, -0.1) is 0 Å². The molecule has 216 valence electrons.